The standard InChI is InChI=1S/C11H17N5O2.2C2H4O2/c1-2-16(3-4-17)6-7-5-13-9-8(7)14-11(12)15-10(9)18;2*1-2(3)4/h5,13,17H,2-4,6H2,1H3,(H3,12,14,15,18);2*1H3,(H,3,4). The third-order valence-corrected chi connectivity index (χ3v) is 2.89. The average Bonchev–Trinajstić information content (AvgIpc) is 2.89. The number of carboxylic acids is 2. The summed E-state index contributed by atoms with van der Waals surface area (Å²) in [4.78, 5) is 41.2. The van der Waals surface area contributed by atoms with Crippen LogP contribution < -0.4 is 11.3 Å². The van der Waals surface area contributed by atoms with Crippen molar-refractivity contribution in [2.75, 3.05) is 25.4 Å². The van der Waals surface area contributed by atoms with E-state index < -0.39 is 11.9 Å². The number of hydrogen-bond donors (Lipinski definition) is 6. The van der Waals surface area contributed by atoms with Crippen LogP contribution in [0.4, 0.5) is 5.95 Å². The number of fused-ring (bicyclic) bond motifs is 1. The van der Waals surface area contributed by atoms with Gasteiger partial charge in [-0.25, -0.2) is 4.98 Å². The molecule has 146 valence electrons. The number of anilines is 1. The maximum absolute atomic E-state index is 11.6. The SMILES string of the molecule is CC(=O)O.CC(=O)O.CCN(CCO)Cc1c[nH]c2c(=O)[nH]c(N)nc12. The Morgan fingerprint density at radius 2 is 1.81 bits per heavy atom. The van der Waals surface area contributed by atoms with Crippen LogP contribution in [0.15, 0.2) is 11.0 Å². The maximum atomic E-state index is 11.6. The molecule has 0 spiro atoms. The van der Waals surface area contributed by atoms with Gasteiger partial charge in [0.15, 0.2) is 0 Å². The predicted octanol–water partition coefficient (Wildman–Crippen LogP) is -0.171. The largest absolute Gasteiger partial charge is 0.481 e. The summed E-state index contributed by atoms with van der Waals surface area (Å²) in [5.74, 6) is -1.56. The zero-order valence-corrected chi connectivity index (χ0v) is 14.9. The van der Waals surface area contributed by atoms with Gasteiger partial charge in [0.25, 0.3) is 17.5 Å². The molecule has 0 amide bonds. The van der Waals surface area contributed by atoms with Gasteiger partial charge in [0, 0.05) is 38.7 Å². The maximum Gasteiger partial charge on any atom is 0.300 e. The first-order valence-corrected chi connectivity index (χ1v) is 7.70. The van der Waals surface area contributed by atoms with E-state index in [1.54, 1.807) is 6.20 Å². The van der Waals surface area contributed by atoms with Gasteiger partial charge in [-0.3, -0.25) is 24.3 Å². The monoisotopic (exact) mass is 371 g/mol. The highest BCUT2D eigenvalue weighted by Gasteiger charge is 2.12. The summed E-state index contributed by atoms with van der Waals surface area (Å²) < 4.78 is 0. The summed E-state index contributed by atoms with van der Waals surface area (Å²) in [6.07, 6.45) is 1.76. The molecule has 0 aliphatic carbocycles. The zero-order chi connectivity index (χ0) is 20.3. The number of nitrogens with zero attached hydrogens (tertiary/aromatic N) is 2. The summed E-state index contributed by atoms with van der Waals surface area (Å²) in [5, 5.41) is 23.8. The Kier molecular flexibility index (Phi) is 10.3. The molecule has 0 radical (unpaired) electrons. The highest BCUT2D eigenvalue weighted by atomic mass is 16.4. The fraction of sp³-hybridized carbons (Fsp3) is 0.467. The molecule has 11 nitrogen and oxygen atoms in total. The lowest BCUT2D eigenvalue weighted by atomic mass is 10.2. The van der Waals surface area contributed by atoms with E-state index in [0.717, 1.165) is 26.0 Å². The summed E-state index contributed by atoms with van der Waals surface area (Å²) in [6.45, 7) is 6.30. The molecule has 0 aliphatic heterocycles. The highest BCUT2D eigenvalue weighted by Crippen LogP contribution is 2.15. The Morgan fingerprint density at radius 3 is 2.27 bits per heavy atom. The third kappa shape index (κ3) is 8.80. The molecular weight excluding hydrogens is 346 g/mol. The number of carboxylic acid groups (broad SMARTS) is 2. The van der Waals surface area contributed by atoms with E-state index in [2.05, 4.69) is 19.9 Å². The van der Waals surface area contributed by atoms with Gasteiger partial charge in [0.2, 0.25) is 5.95 Å². The summed E-state index contributed by atoms with van der Waals surface area (Å²) in [5.41, 5.74) is 7.19. The van der Waals surface area contributed by atoms with Gasteiger partial charge in [-0.1, -0.05) is 6.92 Å². The van der Waals surface area contributed by atoms with Gasteiger partial charge in [0.1, 0.15) is 11.0 Å². The number of aliphatic carboxylic acids is 2. The average molecular weight is 371 g/mol. The summed E-state index contributed by atoms with van der Waals surface area (Å²) in [7, 11) is 0. The molecular formula is C15H25N5O6. The van der Waals surface area contributed by atoms with Crippen molar-refractivity contribution in [1.82, 2.24) is 19.9 Å². The van der Waals surface area contributed by atoms with Gasteiger partial charge in [-0.15, -0.1) is 0 Å². The summed E-state index contributed by atoms with van der Waals surface area (Å²) in [6, 6.07) is 0. The Morgan fingerprint density at radius 1 is 1.27 bits per heavy atom. The van der Waals surface area contributed by atoms with Crippen LogP contribution in [-0.2, 0) is 16.1 Å². The van der Waals surface area contributed by atoms with Crippen LogP contribution in [0.3, 0.4) is 0 Å². The molecule has 0 fully saturated rings. The first kappa shape index (κ1) is 23.1. The Bertz CT molecular complexity index is 749. The van der Waals surface area contributed by atoms with Crippen LogP contribution in [0.1, 0.15) is 26.3 Å². The van der Waals surface area contributed by atoms with Gasteiger partial charge >= 0.3 is 0 Å². The van der Waals surface area contributed by atoms with Crippen LogP contribution >= 0.6 is 0 Å². The molecule has 2 heterocycles. The molecule has 0 saturated heterocycles. The smallest absolute Gasteiger partial charge is 0.300 e. The molecule has 26 heavy (non-hydrogen) atoms. The van der Waals surface area contributed by atoms with Gasteiger partial charge < -0.3 is 26.0 Å². The number of aliphatic hydroxyl groups is 1. The fourth-order valence-electron chi connectivity index (χ4n) is 1.94. The molecule has 0 bridgehead atoms. The molecule has 0 aliphatic rings. The van der Waals surface area contributed by atoms with E-state index in [-0.39, 0.29) is 18.1 Å². The minimum absolute atomic E-state index is 0.104. The lowest BCUT2D eigenvalue weighted by Gasteiger charge is -2.18. The summed E-state index contributed by atoms with van der Waals surface area (Å²) >= 11 is 0. The van der Waals surface area contributed by atoms with Crippen LogP contribution in [-0.4, -0.2) is 66.8 Å². The Hall–Kier alpha value is -2.92. The predicted molar refractivity (Wildman–Crippen MR) is 95.8 cm³/mol. The van der Waals surface area contributed by atoms with Gasteiger partial charge in [0.05, 0.1) is 6.61 Å². The van der Waals surface area contributed by atoms with E-state index in [9.17, 15) is 4.79 Å². The number of aromatic nitrogens is 3. The van der Waals surface area contributed by atoms with Crippen molar-refractivity contribution < 1.29 is 24.9 Å². The van der Waals surface area contributed by atoms with E-state index in [0.29, 0.717) is 24.1 Å². The molecule has 11 heteroatoms. The topological polar surface area (TPSA) is 186 Å². The molecule has 2 aromatic rings. The first-order valence-electron chi connectivity index (χ1n) is 7.70. The van der Waals surface area contributed by atoms with Crippen molar-refractivity contribution in [1.29, 1.82) is 0 Å². The number of likely N-dealkylation sites (N-methyl/N-ethyl adjacent to an activating group) is 1. The van der Waals surface area contributed by atoms with Crippen LogP contribution in [0, 0.1) is 0 Å². The van der Waals surface area contributed by atoms with Crippen LogP contribution in [0.5, 0.6) is 0 Å². The number of hydrogen-bond acceptors (Lipinski definition) is 7. The zero-order valence-electron chi connectivity index (χ0n) is 14.9. The molecule has 2 aromatic heterocycles. The second kappa shape index (κ2) is 11.6. The number of carbonyl (C=O) groups is 2. The molecule has 0 unspecified atom stereocenters. The number of nitrogen functional groups attached to an aromatic ring is 1. The second-order valence-electron chi connectivity index (χ2n) is 5.12. The van der Waals surface area contributed by atoms with E-state index in [1.165, 1.54) is 0 Å². The van der Waals surface area contributed by atoms with Crippen molar-refractivity contribution in [3.05, 3.63) is 22.1 Å². The van der Waals surface area contributed by atoms with Crippen molar-refractivity contribution in [3.63, 3.8) is 0 Å². The lowest BCUT2D eigenvalue weighted by molar-refractivity contribution is -0.135. The molecule has 0 atom stereocenters. The highest BCUT2D eigenvalue weighted by molar-refractivity contribution is 5.78. The van der Waals surface area contributed by atoms with Crippen LogP contribution in [0.25, 0.3) is 11.0 Å². The third-order valence-electron chi connectivity index (χ3n) is 2.89. The van der Waals surface area contributed by atoms with Crippen molar-refractivity contribution in [2.45, 2.75) is 27.3 Å². The van der Waals surface area contributed by atoms with Crippen molar-refractivity contribution in [3.8, 4) is 0 Å². The number of nitrogens with two attached hydrogens (primary N) is 1. The van der Waals surface area contributed by atoms with Gasteiger partial charge in [-0.05, 0) is 6.54 Å². The first-order chi connectivity index (χ1) is 12.1. The fourth-order valence-corrected chi connectivity index (χ4v) is 1.94. The number of aliphatic hydroxyl groups excluding tert-OH is 1. The molecule has 7 N–H and O–H groups in total. The Balaban J connectivity index is 0.000000662. The Labute approximate surface area is 149 Å². The minimum atomic E-state index is -0.833. The lowest BCUT2D eigenvalue weighted by Crippen LogP contribution is -2.26. The van der Waals surface area contributed by atoms with Crippen molar-refractivity contribution in [2.24, 2.45) is 0 Å². The van der Waals surface area contributed by atoms with Crippen LogP contribution in [0.2, 0.25) is 0 Å². The van der Waals surface area contributed by atoms with Gasteiger partial charge in [-0.2, -0.15) is 0 Å². The quantitative estimate of drug-likeness (QED) is 0.415. The number of nitrogens with one attached hydrogen (secondary N) is 2. The minimum Gasteiger partial charge on any atom is -0.481 e. The van der Waals surface area contributed by atoms with E-state index in [1.807, 2.05) is 6.92 Å². The molecule has 0 aromatic carbocycles. The normalized spacial score (nSPS) is 9.88. The van der Waals surface area contributed by atoms with E-state index in [4.69, 9.17) is 30.6 Å². The van der Waals surface area contributed by atoms with Crippen molar-refractivity contribution >= 4 is 28.9 Å². The second-order valence-corrected chi connectivity index (χ2v) is 5.12. The number of aromatic amines is 2. The molecule has 2 rings (SSSR count). The van der Waals surface area contributed by atoms with E-state index >= 15 is 0 Å². The molecule has 0 saturated carbocycles. The number of rotatable bonds is 5. The number of H-pyrrole nitrogens is 2.